The number of benzene rings is 1. The van der Waals surface area contributed by atoms with Gasteiger partial charge in [-0.1, -0.05) is 30.3 Å². The number of ether oxygens (including phenoxy) is 1. The van der Waals surface area contributed by atoms with Crippen LogP contribution in [0.15, 0.2) is 51.3 Å². The van der Waals surface area contributed by atoms with E-state index in [-0.39, 0.29) is 29.1 Å². The Bertz CT molecular complexity index is 1520. The van der Waals surface area contributed by atoms with Crippen molar-refractivity contribution in [3.05, 3.63) is 53.8 Å². The molecule has 2 fully saturated rings. The van der Waals surface area contributed by atoms with E-state index in [0.29, 0.717) is 61.9 Å². The van der Waals surface area contributed by atoms with E-state index in [1.807, 2.05) is 23.1 Å². The van der Waals surface area contributed by atoms with E-state index < -0.39 is 10.2 Å². The number of amidine groups is 1. The van der Waals surface area contributed by atoms with Crippen LogP contribution >= 0.6 is 0 Å². The molecule has 14 heteroatoms. The van der Waals surface area contributed by atoms with E-state index in [4.69, 9.17) is 14.9 Å². The summed E-state index contributed by atoms with van der Waals surface area (Å²) in [5, 5.41) is 2.92. The number of likely N-dealkylation sites (tertiary alicyclic amines) is 1. The van der Waals surface area contributed by atoms with Crippen molar-refractivity contribution >= 4 is 50.5 Å². The summed E-state index contributed by atoms with van der Waals surface area (Å²) in [5.74, 6) is 0.404. The average molecular weight is 555 g/mol. The summed E-state index contributed by atoms with van der Waals surface area (Å²) in [6, 6.07) is 10.7. The first-order valence-corrected chi connectivity index (χ1v) is 13.9. The lowest BCUT2D eigenvalue weighted by Crippen LogP contribution is -2.41. The topological polar surface area (TPSA) is 159 Å². The maximum Gasteiger partial charge on any atom is 0.323 e. The van der Waals surface area contributed by atoms with Crippen molar-refractivity contribution in [2.75, 3.05) is 63.7 Å². The number of hydrogen-bond donors (Lipinski definition) is 2. The minimum atomic E-state index is -4.02. The molecule has 1 aromatic carbocycles. The third-order valence-corrected chi connectivity index (χ3v) is 7.68. The molecule has 206 valence electrons. The Morgan fingerprint density at radius 3 is 2.49 bits per heavy atom. The third kappa shape index (κ3) is 5.87. The maximum absolute atomic E-state index is 12.8. The lowest BCUT2D eigenvalue weighted by molar-refractivity contribution is 0.0621. The molecule has 0 atom stereocenters. The minimum Gasteiger partial charge on any atom is -0.445 e. The van der Waals surface area contributed by atoms with Crippen LogP contribution in [0.5, 0.6) is 0 Å². The minimum absolute atomic E-state index is 0.0672. The van der Waals surface area contributed by atoms with Gasteiger partial charge >= 0.3 is 10.2 Å². The summed E-state index contributed by atoms with van der Waals surface area (Å²) in [5.41, 5.74) is 8.01. The van der Waals surface area contributed by atoms with Gasteiger partial charge in [0.05, 0.1) is 13.2 Å². The molecule has 2 aromatic heterocycles. The van der Waals surface area contributed by atoms with Crippen LogP contribution in [-0.2, 0) is 14.9 Å². The zero-order chi connectivity index (χ0) is 27.6. The first kappa shape index (κ1) is 26.6. The molecule has 3 N–H and O–H groups in total. The fraction of sp³-hybridized carbons (Fsp3) is 0.360. The Labute approximate surface area is 226 Å². The summed E-state index contributed by atoms with van der Waals surface area (Å²) in [6.07, 6.45) is 2.36. The summed E-state index contributed by atoms with van der Waals surface area (Å²) >= 11 is 0. The zero-order valence-electron chi connectivity index (χ0n) is 21.7. The Morgan fingerprint density at radius 1 is 1.13 bits per heavy atom. The average Bonchev–Trinajstić information content (AvgIpc) is 3.32. The SMILES string of the molecule is CN(C)S(=O)(=O)N=C(C=C(N)c1ccccc1)Nc1nc(N2CCOCC2)c2oc(C(=O)N3CCC3)cc2n1. The maximum atomic E-state index is 12.8. The van der Waals surface area contributed by atoms with Crippen molar-refractivity contribution in [2.45, 2.75) is 6.42 Å². The summed E-state index contributed by atoms with van der Waals surface area (Å²) in [6.45, 7) is 3.47. The summed E-state index contributed by atoms with van der Waals surface area (Å²) in [7, 11) is -1.27. The van der Waals surface area contributed by atoms with Crippen LogP contribution in [0.1, 0.15) is 22.5 Å². The molecule has 3 aromatic rings. The largest absolute Gasteiger partial charge is 0.445 e. The van der Waals surface area contributed by atoms with Crippen LogP contribution in [0.2, 0.25) is 0 Å². The van der Waals surface area contributed by atoms with Crippen LogP contribution in [0.25, 0.3) is 16.8 Å². The number of nitrogens with one attached hydrogen (secondary N) is 1. The number of hydrogen-bond acceptors (Lipinski definition) is 9. The number of aromatic nitrogens is 2. The van der Waals surface area contributed by atoms with Crippen molar-refractivity contribution in [3.8, 4) is 0 Å². The van der Waals surface area contributed by atoms with Gasteiger partial charge in [0, 0.05) is 58.1 Å². The monoisotopic (exact) mass is 554 g/mol. The van der Waals surface area contributed by atoms with Crippen molar-refractivity contribution in [2.24, 2.45) is 10.1 Å². The lowest BCUT2D eigenvalue weighted by atomic mass is 10.1. The van der Waals surface area contributed by atoms with Crippen molar-refractivity contribution in [1.82, 2.24) is 19.2 Å². The molecule has 4 heterocycles. The predicted octanol–water partition coefficient (Wildman–Crippen LogP) is 1.52. The summed E-state index contributed by atoms with van der Waals surface area (Å²) < 4.78 is 41.7. The molecule has 0 unspecified atom stereocenters. The van der Waals surface area contributed by atoms with E-state index in [1.54, 1.807) is 23.1 Å². The predicted molar refractivity (Wildman–Crippen MR) is 148 cm³/mol. The van der Waals surface area contributed by atoms with Gasteiger partial charge in [-0.2, -0.15) is 17.7 Å². The Morgan fingerprint density at radius 2 is 1.85 bits per heavy atom. The number of fused-ring (bicyclic) bond motifs is 1. The highest BCUT2D eigenvalue weighted by molar-refractivity contribution is 7.87. The second-order valence-electron chi connectivity index (χ2n) is 9.27. The van der Waals surface area contributed by atoms with Gasteiger partial charge in [0.2, 0.25) is 5.95 Å². The number of rotatable bonds is 7. The molecule has 5 rings (SSSR count). The molecule has 2 aliphatic heterocycles. The molecular formula is C25H30N8O5S. The van der Waals surface area contributed by atoms with Gasteiger partial charge in [-0.25, -0.2) is 4.98 Å². The number of carbonyl (C=O) groups excluding carboxylic acids is 1. The highest BCUT2D eigenvalue weighted by Gasteiger charge is 2.28. The number of nitrogens with two attached hydrogens (primary N) is 1. The van der Waals surface area contributed by atoms with Gasteiger partial charge in [-0.15, -0.1) is 4.40 Å². The van der Waals surface area contributed by atoms with Gasteiger partial charge in [-0.05, 0) is 12.0 Å². The number of carbonyl (C=O) groups is 1. The quantitative estimate of drug-likeness (QED) is 0.324. The van der Waals surface area contributed by atoms with Gasteiger partial charge in [0.15, 0.2) is 17.2 Å². The number of anilines is 2. The van der Waals surface area contributed by atoms with Crippen molar-refractivity contribution in [1.29, 1.82) is 0 Å². The van der Waals surface area contributed by atoms with Crippen LogP contribution in [0.4, 0.5) is 11.8 Å². The Balaban J connectivity index is 1.57. The van der Waals surface area contributed by atoms with Crippen LogP contribution < -0.4 is 16.0 Å². The third-order valence-electron chi connectivity index (χ3n) is 6.33. The van der Waals surface area contributed by atoms with E-state index in [9.17, 15) is 13.2 Å². The van der Waals surface area contributed by atoms with Crippen molar-refractivity contribution in [3.63, 3.8) is 0 Å². The molecule has 1 amide bonds. The molecule has 0 aliphatic carbocycles. The zero-order valence-corrected chi connectivity index (χ0v) is 22.5. The fourth-order valence-electron chi connectivity index (χ4n) is 4.01. The Kier molecular flexibility index (Phi) is 7.50. The standard InChI is InChI=1S/C25H30N8O5S/c1-31(2)39(35,36)30-21(15-18(26)17-7-4-3-5-8-17)28-25-27-19-16-20(24(34)33-9-6-10-33)38-22(19)23(29-25)32-11-13-37-14-12-32/h3-5,7-8,15-16H,6,9-14,26H2,1-2H3,(H,27,28,29,30). The van der Waals surface area contributed by atoms with E-state index in [1.165, 1.54) is 20.2 Å². The highest BCUT2D eigenvalue weighted by atomic mass is 32.2. The lowest BCUT2D eigenvalue weighted by Gasteiger charge is -2.29. The van der Waals surface area contributed by atoms with Crippen molar-refractivity contribution < 1.29 is 22.4 Å². The van der Waals surface area contributed by atoms with E-state index >= 15 is 0 Å². The smallest absolute Gasteiger partial charge is 0.323 e. The van der Waals surface area contributed by atoms with Crippen LogP contribution in [-0.4, -0.2) is 92.8 Å². The molecule has 0 radical (unpaired) electrons. The van der Waals surface area contributed by atoms with E-state index in [0.717, 1.165) is 10.7 Å². The van der Waals surface area contributed by atoms with Gasteiger partial charge in [0.25, 0.3) is 5.91 Å². The number of amides is 1. The highest BCUT2D eigenvalue weighted by Crippen LogP contribution is 2.30. The second kappa shape index (κ2) is 11.0. The first-order chi connectivity index (χ1) is 18.7. The molecule has 0 spiro atoms. The molecule has 39 heavy (non-hydrogen) atoms. The molecular weight excluding hydrogens is 524 g/mol. The molecule has 13 nitrogen and oxygen atoms in total. The summed E-state index contributed by atoms with van der Waals surface area (Å²) in [4.78, 5) is 25.7. The van der Waals surface area contributed by atoms with Crippen LogP contribution in [0.3, 0.4) is 0 Å². The molecule has 2 saturated heterocycles. The van der Waals surface area contributed by atoms with Gasteiger partial charge < -0.3 is 30.0 Å². The van der Waals surface area contributed by atoms with E-state index in [2.05, 4.69) is 19.7 Å². The van der Waals surface area contributed by atoms with Crippen LogP contribution in [0, 0.1) is 0 Å². The normalized spacial score (nSPS) is 17.0. The van der Waals surface area contributed by atoms with Gasteiger partial charge in [-0.3, -0.25) is 4.79 Å². The molecule has 2 aliphatic rings. The Hall–Kier alpha value is -4.01. The second-order valence-corrected chi connectivity index (χ2v) is 11.1. The molecule has 0 saturated carbocycles. The number of furan rings is 1. The number of nitrogens with zero attached hydrogens (tertiary/aromatic N) is 6. The fourth-order valence-corrected chi connectivity index (χ4v) is 4.52. The molecule has 0 bridgehead atoms. The number of morpholine rings is 1. The van der Waals surface area contributed by atoms with Gasteiger partial charge in [0.1, 0.15) is 11.4 Å². The first-order valence-electron chi connectivity index (χ1n) is 12.5.